The van der Waals surface area contributed by atoms with E-state index in [1.807, 2.05) is 6.07 Å². The number of hydrogen-bond donors (Lipinski definition) is 1. The Morgan fingerprint density at radius 2 is 1.63 bits per heavy atom. The van der Waals surface area contributed by atoms with Crippen molar-refractivity contribution in [3.05, 3.63) is 60.2 Å². The van der Waals surface area contributed by atoms with Gasteiger partial charge >= 0.3 is 5.97 Å². The van der Waals surface area contributed by atoms with Crippen LogP contribution in [0.3, 0.4) is 0 Å². The molecular weight excluding hydrogens is 244 g/mol. The summed E-state index contributed by atoms with van der Waals surface area (Å²) >= 11 is 0. The smallest absolute Gasteiger partial charge is 0.343 e. The van der Waals surface area contributed by atoms with E-state index in [1.165, 1.54) is 0 Å². The Hall–Kier alpha value is -2.33. The van der Waals surface area contributed by atoms with Crippen LogP contribution < -0.4 is 9.47 Å². The van der Waals surface area contributed by atoms with Crippen LogP contribution in [0.4, 0.5) is 0 Å². The molecule has 0 aliphatic rings. The van der Waals surface area contributed by atoms with Gasteiger partial charge in [-0.05, 0) is 36.4 Å². The van der Waals surface area contributed by atoms with Gasteiger partial charge < -0.3 is 14.6 Å². The SMILES string of the molecule is O=C(Oc1ccccc1)c1ccc(OCCO)cc1. The molecule has 0 saturated carbocycles. The molecule has 0 amide bonds. The molecule has 0 aliphatic carbocycles. The predicted octanol–water partition coefficient (Wildman–Crippen LogP) is 2.28. The van der Waals surface area contributed by atoms with E-state index >= 15 is 0 Å². The average molecular weight is 258 g/mol. The van der Waals surface area contributed by atoms with Gasteiger partial charge in [-0.3, -0.25) is 0 Å². The van der Waals surface area contributed by atoms with Gasteiger partial charge in [0.2, 0.25) is 0 Å². The highest BCUT2D eigenvalue weighted by atomic mass is 16.5. The van der Waals surface area contributed by atoms with Crippen LogP contribution in [0.25, 0.3) is 0 Å². The van der Waals surface area contributed by atoms with Gasteiger partial charge in [0.05, 0.1) is 12.2 Å². The fourth-order valence-corrected chi connectivity index (χ4v) is 1.51. The Morgan fingerprint density at radius 3 is 2.26 bits per heavy atom. The third-order valence-corrected chi connectivity index (χ3v) is 2.40. The predicted molar refractivity (Wildman–Crippen MR) is 70.4 cm³/mol. The summed E-state index contributed by atoms with van der Waals surface area (Å²) in [5, 5.41) is 8.64. The molecule has 2 aromatic carbocycles. The monoisotopic (exact) mass is 258 g/mol. The molecule has 2 rings (SSSR count). The highest BCUT2D eigenvalue weighted by Gasteiger charge is 2.08. The van der Waals surface area contributed by atoms with Gasteiger partial charge in [-0.25, -0.2) is 4.79 Å². The van der Waals surface area contributed by atoms with E-state index in [2.05, 4.69) is 0 Å². The summed E-state index contributed by atoms with van der Waals surface area (Å²) in [7, 11) is 0. The fraction of sp³-hybridized carbons (Fsp3) is 0.133. The minimum Gasteiger partial charge on any atom is -0.491 e. The molecule has 2 aromatic rings. The van der Waals surface area contributed by atoms with Crippen molar-refractivity contribution in [2.24, 2.45) is 0 Å². The number of aliphatic hydroxyl groups excluding tert-OH is 1. The number of carbonyl (C=O) groups is 1. The van der Waals surface area contributed by atoms with Gasteiger partial charge in [0.1, 0.15) is 18.1 Å². The molecule has 0 radical (unpaired) electrons. The first-order valence-corrected chi connectivity index (χ1v) is 5.90. The molecule has 0 heterocycles. The molecule has 0 aromatic heterocycles. The normalized spacial score (nSPS) is 9.95. The van der Waals surface area contributed by atoms with Crippen molar-refractivity contribution in [3.63, 3.8) is 0 Å². The van der Waals surface area contributed by atoms with Gasteiger partial charge in [0.15, 0.2) is 0 Å². The zero-order chi connectivity index (χ0) is 13.5. The first-order valence-electron chi connectivity index (χ1n) is 5.90. The molecule has 4 nitrogen and oxygen atoms in total. The third kappa shape index (κ3) is 3.82. The lowest BCUT2D eigenvalue weighted by atomic mass is 10.2. The van der Waals surface area contributed by atoms with E-state index < -0.39 is 5.97 Å². The Morgan fingerprint density at radius 1 is 0.947 bits per heavy atom. The second-order valence-electron chi connectivity index (χ2n) is 3.80. The van der Waals surface area contributed by atoms with E-state index in [0.717, 1.165) is 0 Å². The first kappa shape index (κ1) is 13.1. The van der Waals surface area contributed by atoms with Crippen molar-refractivity contribution in [1.29, 1.82) is 0 Å². The maximum Gasteiger partial charge on any atom is 0.343 e. The topological polar surface area (TPSA) is 55.8 Å². The van der Waals surface area contributed by atoms with E-state index in [1.54, 1.807) is 48.5 Å². The maximum atomic E-state index is 11.8. The molecule has 0 saturated heterocycles. The number of aliphatic hydroxyl groups is 1. The van der Waals surface area contributed by atoms with Crippen LogP contribution in [0.2, 0.25) is 0 Å². The van der Waals surface area contributed by atoms with Crippen LogP contribution in [0.5, 0.6) is 11.5 Å². The molecule has 0 atom stereocenters. The minimum atomic E-state index is -0.417. The zero-order valence-electron chi connectivity index (χ0n) is 10.3. The number of ether oxygens (including phenoxy) is 2. The van der Waals surface area contributed by atoms with Crippen LogP contribution in [0.1, 0.15) is 10.4 Å². The van der Waals surface area contributed by atoms with E-state index in [9.17, 15) is 4.79 Å². The van der Waals surface area contributed by atoms with Crippen molar-refractivity contribution in [3.8, 4) is 11.5 Å². The number of esters is 1. The highest BCUT2D eigenvalue weighted by molar-refractivity contribution is 5.91. The van der Waals surface area contributed by atoms with Crippen LogP contribution in [-0.2, 0) is 0 Å². The number of para-hydroxylation sites is 1. The fourth-order valence-electron chi connectivity index (χ4n) is 1.51. The lowest BCUT2D eigenvalue weighted by Crippen LogP contribution is -2.08. The largest absolute Gasteiger partial charge is 0.491 e. The van der Waals surface area contributed by atoms with Crippen molar-refractivity contribution in [1.82, 2.24) is 0 Å². The molecule has 4 heteroatoms. The maximum absolute atomic E-state index is 11.8. The Bertz CT molecular complexity index is 520. The number of benzene rings is 2. The number of carbonyl (C=O) groups excluding carboxylic acids is 1. The first-order chi connectivity index (χ1) is 9.29. The summed E-state index contributed by atoms with van der Waals surface area (Å²) in [4.78, 5) is 11.8. The second-order valence-corrected chi connectivity index (χ2v) is 3.80. The van der Waals surface area contributed by atoms with E-state index in [4.69, 9.17) is 14.6 Å². The molecule has 19 heavy (non-hydrogen) atoms. The molecule has 0 fully saturated rings. The number of rotatable bonds is 5. The second kappa shape index (κ2) is 6.56. The molecular formula is C15H14O4. The zero-order valence-corrected chi connectivity index (χ0v) is 10.3. The standard InChI is InChI=1S/C15H14O4/c16-10-11-18-13-8-6-12(7-9-13)15(17)19-14-4-2-1-3-5-14/h1-9,16H,10-11H2. The lowest BCUT2D eigenvalue weighted by molar-refractivity contribution is 0.0734. The van der Waals surface area contributed by atoms with Crippen molar-refractivity contribution < 1.29 is 19.4 Å². The Kier molecular flexibility index (Phi) is 4.53. The van der Waals surface area contributed by atoms with Gasteiger partial charge in [-0.2, -0.15) is 0 Å². The van der Waals surface area contributed by atoms with Gasteiger partial charge in [-0.1, -0.05) is 18.2 Å². The van der Waals surface area contributed by atoms with E-state index in [0.29, 0.717) is 17.1 Å². The summed E-state index contributed by atoms with van der Waals surface area (Å²) in [6.45, 7) is 0.186. The Labute approximate surface area is 111 Å². The molecule has 98 valence electrons. The molecule has 1 N–H and O–H groups in total. The van der Waals surface area contributed by atoms with Crippen molar-refractivity contribution >= 4 is 5.97 Å². The number of hydrogen-bond acceptors (Lipinski definition) is 4. The van der Waals surface area contributed by atoms with E-state index in [-0.39, 0.29) is 13.2 Å². The highest BCUT2D eigenvalue weighted by Crippen LogP contribution is 2.15. The van der Waals surface area contributed by atoms with Crippen molar-refractivity contribution in [2.45, 2.75) is 0 Å². The van der Waals surface area contributed by atoms with Crippen molar-refractivity contribution in [2.75, 3.05) is 13.2 Å². The van der Waals surface area contributed by atoms with Gasteiger partial charge in [0, 0.05) is 0 Å². The minimum absolute atomic E-state index is 0.0438. The lowest BCUT2D eigenvalue weighted by Gasteiger charge is -2.06. The van der Waals surface area contributed by atoms with Gasteiger partial charge in [-0.15, -0.1) is 0 Å². The molecule has 0 unspecified atom stereocenters. The van der Waals surface area contributed by atoms with Gasteiger partial charge in [0.25, 0.3) is 0 Å². The van der Waals surface area contributed by atoms with Crippen LogP contribution in [0.15, 0.2) is 54.6 Å². The summed E-state index contributed by atoms with van der Waals surface area (Å²) in [6, 6.07) is 15.5. The quantitative estimate of drug-likeness (QED) is 0.660. The molecule has 0 spiro atoms. The molecule has 0 bridgehead atoms. The average Bonchev–Trinajstić information content (AvgIpc) is 2.46. The molecule has 0 aliphatic heterocycles. The Balaban J connectivity index is 1.99. The summed E-state index contributed by atoms with van der Waals surface area (Å²) < 4.78 is 10.4. The third-order valence-electron chi connectivity index (χ3n) is 2.40. The summed E-state index contributed by atoms with van der Waals surface area (Å²) in [5.74, 6) is 0.693. The summed E-state index contributed by atoms with van der Waals surface area (Å²) in [5.41, 5.74) is 0.445. The summed E-state index contributed by atoms with van der Waals surface area (Å²) in [6.07, 6.45) is 0. The van der Waals surface area contributed by atoms with Crippen LogP contribution >= 0.6 is 0 Å². The van der Waals surface area contributed by atoms with Crippen LogP contribution in [0, 0.1) is 0 Å². The van der Waals surface area contributed by atoms with Crippen LogP contribution in [-0.4, -0.2) is 24.3 Å².